The minimum absolute atomic E-state index is 0.163. The number of benzene rings is 3. The number of hydrogen-bond donors (Lipinski definition) is 3. The number of hydrogen-bond acceptors (Lipinski definition) is 9. The number of ether oxygens (including phenoxy) is 4. The maximum atomic E-state index is 10.3. The third-order valence-corrected chi connectivity index (χ3v) is 9.87. The molecule has 9 nitrogen and oxygen atoms in total. The Hall–Kier alpha value is -3.02. The van der Waals surface area contributed by atoms with Crippen molar-refractivity contribution in [3.05, 3.63) is 82.9 Å². The van der Waals surface area contributed by atoms with E-state index in [9.17, 15) is 10.2 Å². The Labute approximate surface area is 278 Å². The van der Waals surface area contributed by atoms with Crippen LogP contribution in [0.15, 0.2) is 60.7 Å². The Bertz CT molecular complexity index is 1480. The van der Waals surface area contributed by atoms with Crippen LogP contribution in [0.3, 0.4) is 0 Å². The lowest BCUT2D eigenvalue weighted by molar-refractivity contribution is -0.0295. The lowest BCUT2D eigenvalue weighted by atomic mass is 9.90. The topological polar surface area (TPSA) is 95.9 Å². The van der Waals surface area contributed by atoms with E-state index in [-0.39, 0.29) is 12.2 Å². The minimum atomic E-state index is -0.494. The van der Waals surface area contributed by atoms with Gasteiger partial charge in [0, 0.05) is 51.4 Å². The standard InChI is InChI=1S/C21H23NO4.C17H26N2O2/c23-15-9-22-8-7-14-3-1-4-17(19(14)10-22)18-5-2-6-20-21(18)26-16(13-25-20)12-24-11-15;20-16(13-21-17-6-3-8-18-10-17)12-19-9-7-14-4-1-2-5-15(14)11-19/h1-6,15-16,23H,7-13H2;1-2,4-5,16-18,20H,3,6-13H2. The molecule has 5 aliphatic heterocycles. The van der Waals surface area contributed by atoms with Crippen molar-refractivity contribution < 1.29 is 29.2 Å². The molecule has 5 heterocycles. The lowest BCUT2D eigenvalue weighted by Crippen LogP contribution is -2.41. The van der Waals surface area contributed by atoms with E-state index in [4.69, 9.17) is 18.9 Å². The zero-order chi connectivity index (χ0) is 32.0. The summed E-state index contributed by atoms with van der Waals surface area (Å²) < 4.78 is 23.7. The fourth-order valence-corrected chi connectivity index (χ4v) is 7.43. The lowest BCUT2D eigenvalue weighted by Gasteiger charge is -2.32. The second-order valence-electron chi connectivity index (χ2n) is 13.5. The molecule has 5 unspecified atom stereocenters. The van der Waals surface area contributed by atoms with Crippen LogP contribution >= 0.6 is 0 Å². The molecule has 0 radical (unpaired) electrons. The molecule has 0 spiro atoms. The van der Waals surface area contributed by atoms with Crippen molar-refractivity contribution in [1.29, 1.82) is 0 Å². The molecule has 3 N–H and O–H groups in total. The van der Waals surface area contributed by atoms with E-state index in [0.717, 1.165) is 75.6 Å². The largest absolute Gasteiger partial charge is 0.486 e. The van der Waals surface area contributed by atoms with E-state index in [1.54, 1.807) is 0 Å². The molecule has 8 rings (SSSR count). The molecule has 9 heteroatoms. The fourth-order valence-electron chi connectivity index (χ4n) is 7.43. The molecule has 4 bridgehead atoms. The van der Waals surface area contributed by atoms with Crippen LogP contribution in [-0.2, 0) is 35.4 Å². The van der Waals surface area contributed by atoms with Gasteiger partial charge in [0.25, 0.3) is 0 Å². The predicted octanol–water partition coefficient (Wildman–Crippen LogP) is 3.42. The van der Waals surface area contributed by atoms with Gasteiger partial charge in [-0.15, -0.1) is 0 Å². The summed E-state index contributed by atoms with van der Waals surface area (Å²) in [6.45, 7) is 8.75. The van der Waals surface area contributed by atoms with Crippen LogP contribution in [0.1, 0.15) is 35.1 Å². The summed E-state index contributed by atoms with van der Waals surface area (Å²) in [5.74, 6) is 1.59. The van der Waals surface area contributed by atoms with Gasteiger partial charge in [-0.05, 0) is 66.1 Å². The SMILES string of the molecule is OC(COC1CCCNC1)CN1CCc2ccccc2C1.OC1COCC2COc3cccc(c3O2)-c2cccc3c2CN(CC3)C1. The molecule has 1 saturated heterocycles. The van der Waals surface area contributed by atoms with E-state index in [1.165, 1.54) is 34.2 Å². The molecule has 252 valence electrons. The highest BCUT2D eigenvalue weighted by Gasteiger charge is 2.29. The monoisotopic (exact) mass is 643 g/mol. The first-order chi connectivity index (χ1) is 23.1. The third kappa shape index (κ3) is 8.17. The van der Waals surface area contributed by atoms with Gasteiger partial charge in [0.15, 0.2) is 17.6 Å². The summed E-state index contributed by atoms with van der Waals surface area (Å²) in [6.07, 6.45) is 3.58. The van der Waals surface area contributed by atoms with Crippen molar-refractivity contribution in [2.75, 3.05) is 65.7 Å². The average molecular weight is 644 g/mol. The summed E-state index contributed by atoms with van der Waals surface area (Å²) >= 11 is 0. The summed E-state index contributed by atoms with van der Waals surface area (Å²) in [5, 5.41) is 23.9. The number of rotatable bonds is 5. The van der Waals surface area contributed by atoms with Crippen LogP contribution in [-0.4, -0.2) is 110 Å². The molecular weight excluding hydrogens is 594 g/mol. The average Bonchev–Trinajstić information content (AvgIpc) is 3.11. The second-order valence-corrected chi connectivity index (χ2v) is 13.5. The first-order valence-electron chi connectivity index (χ1n) is 17.4. The molecule has 0 aliphatic carbocycles. The van der Waals surface area contributed by atoms with Gasteiger partial charge in [-0.1, -0.05) is 54.6 Å². The zero-order valence-corrected chi connectivity index (χ0v) is 27.3. The molecule has 0 aromatic heterocycles. The molecule has 47 heavy (non-hydrogen) atoms. The minimum Gasteiger partial charge on any atom is -0.486 e. The van der Waals surface area contributed by atoms with Gasteiger partial charge >= 0.3 is 0 Å². The number of fused-ring (bicyclic) bond motifs is 4. The summed E-state index contributed by atoms with van der Waals surface area (Å²) in [5.41, 5.74) is 7.82. The second kappa shape index (κ2) is 15.5. The van der Waals surface area contributed by atoms with Crippen molar-refractivity contribution in [2.24, 2.45) is 0 Å². The Morgan fingerprint density at radius 2 is 1.72 bits per heavy atom. The number of nitrogens with zero attached hydrogens (tertiary/aromatic N) is 2. The van der Waals surface area contributed by atoms with Gasteiger partial charge in [-0.2, -0.15) is 0 Å². The molecule has 1 fully saturated rings. The van der Waals surface area contributed by atoms with Gasteiger partial charge in [0.1, 0.15) is 6.61 Å². The number of piperidine rings is 1. The maximum absolute atomic E-state index is 10.3. The van der Waals surface area contributed by atoms with Gasteiger partial charge in [0.2, 0.25) is 0 Å². The summed E-state index contributed by atoms with van der Waals surface area (Å²) in [4.78, 5) is 4.64. The molecule has 3 aromatic carbocycles. The number of nitrogens with one attached hydrogen (secondary N) is 1. The third-order valence-electron chi connectivity index (χ3n) is 9.87. The van der Waals surface area contributed by atoms with Gasteiger partial charge in [-0.3, -0.25) is 9.80 Å². The normalized spacial score (nSPS) is 26.0. The van der Waals surface area contributed by atoms with Crippen molar-refractivity contribution in [2.45, 2.75) is 63.2 Å². The summed E-state index contributed by atoms with van der Waals surface area (Å²) in [7, 11) is 0. The van der Waals surface area contributed by atoms with E-state index in [1.807, 2.05) is 12.1 Å². The van der Waals surface area contributed by atoms with Crippen molar-refractivity contribution >= 4 is 0 Å². The van der Waals surface area contributed by atoms with Crippen LogP contribution < -0.4 is 14.8 Å². The maximum Gasteiger partial charge on any atom is 0.169 e. The molecule has 0 amide bonds. The number of aliphatic hydroxyl groups is 2. The van der Waals surface area contributed by atoms with E-state index >= 15 is 0 Å². The first-order valence-corrected chi connectivity index (χ1v) is 17.4. The van der Waals surface area contributed by atoms with Gasteiger partial charge in [0.05, 0.1) is 38.1 Å². The van der Waals surface area contributed by atoms with Gasteiger partial charge < -0.3 is 34.5 Å². The number of para-hydroxylation sites is 1. The number of aliphatic hydroxyl groups excluding tert-OH is 2. The van der Waals surface area contributed by atoms with Crippen LogP contribution in [0.2, 0.25) is 0 Å². The molecule has 5 atom stereocenters. The van der Waals surface area contributed by atoms with Gasteiger partial charge in [-0.25, -0.2) is 0 Å². The zero-order valence-electron chi connectivity index (χ0n) is 27.3. The summed E-state index contributed by atoms with van der Waals surface area (Å²) in [6, 6.07) is 21.2. The highest BCUT2D eigenvalue weighted by Crippen LogP contribution is 2.43. The predicted molar refractivity (Wildman–Crippen MR) is 181 cm³/mol. The molecule has 0 saturated carbocycles. The van der Waals surface area contributed by atoms with Crippen LogP contribution in [0.5, 0.6) is 11.5 Å². The Morgan fingerprint density at radius 1 is 0.894 bits per heavy atom. The first kappa shape index (κ1) is 32.5. The van der Waals surface area contributed by atoms with E-state index in [2.05, 4.69) is 63.6 Å². The van der Waals surface area contributed by atoms with Crippen molar-refractivity contribution in [1.82, 2.24) is 15.1 Å². The fraction of sp³-hybridized carbons (Fsp3) is 0.526. The van der Waals surface area contributed by atoms with Crippen LogP contribution in [0, 0.1) is 0 Å². The number of β-amino-alcohol motifs (C(OH)–C–C–N with tert-alkyl or cyclic N) is 1. The highest BCUT2D eigenvalue weighted by molar-refractivity contribution is 5.77. The smallest absolute Gasteiger partial charge is 0.169 e. The molecule has 3 aromatic rings. The molecular formula is C38H49N3O6. The Morgan fingerprint density at radius 3 is 2.62 bits per heavy atom. The Balaban J connectivity index is 0.000000153. The highest BCUT2D eigenvalue weighted by atomic mass is 16.6. The van der Waals surface area contributed by atoms with Crippen molar-refractivity contribution in [3.8, 4) is 22.6 Å². The molecule has 5 aliphatic rings. The Kier molecular flexibility index (Phi) is 10.7. The van der Waals surface area contributed by atoms with E-state index in [0.29, 0.717) is 39.5 Å². The quantitative estimate of drug-likeness (QED) is 0.387. The van der Waals surface area contributed by atoms with Crippen LogP contribution in [0.4, 0.5) is 0 Å². The van der Waals surface area contributed by atoms with Crippen LogP contribution in [0.25, 0.3) is 11.1 Å². The van der Waals surface area contributed by atoms with Crippen molar-refractivity contribution in [3.63, 3.8) is 0 Å². The van der Waals surface area contributed by atoms with E-state index < -0.39 is 12.2 Å².